The zero-order chi connectivity index (χ0) is 21.0. The Balaban J connectivity index is 1.48. The first kappa shape index (κ1) is 21.2. The molecule has 30 heavy (non-hydrogen) atoms. The Labute approximate surface area is 182 Å². The van der Waals surface area contributed by atoms with Gasteiger partial charge in [0.25, 0.3) is 0 Å². The molecule has 4 nitrogen and oxygen atoms in total. The van der Waals surface area contributed by atoms with Crippen LogP contribution in [0.3, 0.4) is 0 Å². The SMILES string of the molecule is C=CCC1=C[C@]2(C)[C@@H](OCOC)CC[C@H]2[C@@H]2CC[C@H]3CC4(CC[C@]3(C)[C@@H]12)OCCO4. The summed E-state index contributed by atoms with van der Waals surface area (Å²) in [5.41, 5.74) is 2.08. The third-order valence-electron chi connectivity index (χ3n) is 9.75. The Morgan fingerprint density at radius 3 is 2.67 bits per heavy atom. The Morgan fingerprint density at radius 1 is 1.13 bits per heavy atom. The highest BCUT2D eigenvalue weighted by Crippen LogP contribution is 2.67. The van der Waals surface area contributed by atoms with Crippen LogP contribution in [0.5, 0.6) is 0 Å². The van der Waals surface area contributed by atoms with Crippen molar-refractivity contribution in [3.05, 3.63) is 24.3 Å². The van der Waals surface area contributed by atoms with E-state index in [4.69, 9.17) is 18.9 Å². The molecule has 4 fully saturated rings. The largest absolute Gasteiger partial charge is 0.359 e. The lowest BCUT2D eigenvalue weighted by molar-refractivity contribution is -0.223. The number of ether oxygens (including phenoxy) is 4. The monoisotopic (exact) mass is 416 g/mol. The Kier molecular flexibility index (Phi) is 5.45. The number of hydrogen-bond donors (Lipinski definition) is 0. The Morgan fingerprint density at radius 2 is 1.93 bits per heavy atom. The van der Waals surface area contributed by atoms with E-state index >= 15 is 0 Å². The van der Waals surface area contributed by atoms with Gasteiger partial charge in [-0.25, -0.2) is 0 Å². The molecule has 1 heterocycles. The maximum Gasteiger partial charge on any atom is 0.168 e. The molecule has 1 spiro atoms. The normalized spacial score (nSPS) is 46.8. The van der Waals surface area contributed by atoms with Gasteiger partial charge >= 0.3 is 0 Å². The van der Waals surface area contributed by atoms with E-state index < -0.39 is 0 Å². The van der Waals surface area contributed by atoms with Crippen molar-refractivity contribution in [1.82, 2.24) is 0 Å². The van der Waals surface area contributed by atoms with Crippen molar-refractivity contribution in [3.8, 4) is 0 Å². The summed E-state index contributed by atoms with van der Waals surface area (Å²) >= 11 is 0. The third-order valence-corrected chi connectivity index (χ3v) is 9.75. The summed E-state index contributed by atoms with van der Waals surface area (Å²) in [5.74, 6) is 2.53. The highest BCUT2D eigenvalue weighted by molar-refractivity contribution is 5.29. The summed E-state index contributed by atoms with van der Waals surface area (Å²) < 4.78 is 23.7. The van der Waals surface area contributed by atoms with Gasteiger partial charge in [-0.2, -0.15) is 0 Å². The van der Waals surface area contributed by atoms with Crippen LogP contribution in [0.2, 0.25) is 0 Å². The van der Waals surface area contributed by atoms with Crippen LogP contribution >= 0.6 is 0 Å². The highest BCUT2D eigenvalue weighted by atomic mass is 16.7. The second-order valence-electron chi connectivity index (χ2n) is 11.1. The molecule has 0 amide bonds. The fraction of sp³-hybridized carbons (Fsp3) is 0.846. The van der Waals surface area contributed by atoms with Crippen molar-refractivity contribution in [2.24, 2.45) is 34.5 Å². The van der Waals surface area contributed by atoms with Gasteiger partial charge in [0.15, 0.2) is 5.79 Å². The highest BCUT2D eigenvalue weighted by Gasteiger charge is 2.62. The maximum atomic E-state index is 6.20. The predicted molar refractivity (Wildman–Crippen MR) is 117 cm³/mol. The zero-order valence-electron chi connectivity index (χ0n) is 19.2. The lowest BCUT2D eigenvalue weighted by Crippen LogP contribution is -2.56. The van der Waals surface area contributed by atoms with Crippen molar-refractivity contribution in [1.29, 1.82) is 0 Å². The van der Waals surface area contributed by atoms with Gasteiger partial charge < -0.3 is 18.9 Å². The number of allylic oxidation sites excluding steroid dienone is 2. The van der Waals surface area contributed by atoms with E-state index in [-0.39, 0.29) is 17.3 Å². The summed E-state index contributed by atoms with van der Waals surface area (Å²) in [5, 5.41) is 0. The number of rotatable bonds is 5. The Bertz CT molecular complexity index is 695. The minimum absolute atomic E-state index is 0.120. The van der Waals surface area contributed by atoms with Crippen molar-refractivity contribution in [2.75, 3.05) is 27.1 Å². The predicted octanol–water partition coefficient (Wildman–Crippen LogP) is 5.48. The van der Waals surface area contributed by atoms with Gasteiger partial charge in [0, 0.05) is 25.4 Å². The maximum absolute atomic E-state index is 6.20. The first-order valence-corrected chi connectivity index (χ1v) is 12.2. The summed E-state index contributed by atoms with van der Waals surface area (Å²) in [7, 11) is 1.72. The van der Waals surface area contributed by atoms with Crippen LogP contribution in [0.15, 0.2) is 24.3 Å². The summed E-state index contributed by atoms with van der Waals surface area (Å²) in [6.07, 6.45) is 14.4. The second-order valence-corrected chi connectivity index (χ2v) is 11.1. The topological polar surface area (TPSA) is 36.9 Å². The van der Waals surface area contributed by atoms with E-state index in [1.807, 2.05) is 0 Å². The minimum atomic E-state index is -0.283. The molecule has 1 aliphatic heterocycles. The van der Waals surface area contributed by atoms with Gasteiger partial charge in [-0.1, -0.05) is 31.6 Å². The van der Waals surface area contributed by atoms with Crippen LogP contribution in [-0.2, 0) is 18.9 Å². The standard InChI is InChI=1S/C26H40O4/c1-5-6-18-15-25(3)21(9-10-22(25)28-17-27-4)20-8-7-19-16-26(29-13-14-30-26)12-11-24(19,2)23(18)20/h5,15,19-23H,1,6-14,16-17H2,2-4H3/t19-,20-,21-,22-,23-,24-,25-/m0/s1. The number of fused-ring (bicyclic) bond motifs is 5. The fourth-order valence-electron chi connectivity index (χ4n) is 8.48. The van der Waals surface area contributed by atoms with Gasteiger partial charge in [0.2, 0.25) is 0 Å². The molecule has 1 saturated heterocycles. The first-order chi connectivity index (χ1) is 14.5. The first-order valence-electron chi connectivity index (χ1n) is 12.2. The van der Waals surface area contributed by atoms with Gasteiger partial charge in [0.1, 0.15) is 6.79 Å². The molecule has 3 saturated carbocycles. The van der Waals surface area contributed by atoms with Gasteiger partial charge in [-0.05, 0) is 67.6 Å². The van der Waals surface area contributed by atoms with Crippen molar-refractivity contribution in [2.45, 2.75) is 77.1 Å². The average Bonchev–Trinajstić information content (AvgIpc) is 3.31. The van der Waals surface area contributed by atoms with Crippen LogP contribution in [-0.4, -0.2) is 39.0 Å². The fourth-order valence-corrected chi connectivity index (χ4v) is 8.48. The van der Waals surface area contributed by atoms with E-state index in [1.165, 1.54) is 25.7 Å². The molecule has 0 aromatic carbocycles. The van der Waals surface area contributed by atoms with E-state index in [0.717, 1.165) is 44.8 Å². The number of methoxy groups -OCH3 is 1. The van der Waals surface area contributed by atoms with Crippen LogP contribution in [0, 0.1) is 34.5 Å². The van der Waals surface area contributed by atoms with Gasteiger partial charge in [-0.3, -0.25) is 0 Å². The molecule has 0 radical (unpaired) electrons. The molecular formula is C26H40O4. The molecule has 5 rings (SSSR count). The van der Waals surface area contributed by atoms with E-state index in [1.54, 1.807) is 12.7 Å². The smallest absolute Gasteiger partial charge is 0.168 e. The zero-order valence-corrected chi connectivity index (χ0v) is 19.2. The molecule has 0 aromatic rings. The van der Waals surface area contributed by atoms with Crippen molar-refractivity contribution < 1.29 is 18.9 Å². The minimum Gasteiger partial charge on any atom is -0.359 e. The molecule has 0 unspecified atom stereocenters. The van der Waals surface area contributed by atoms with Crippen LogP contribution in [0.25, 0.3) is 0 Å². The lowest BCUT2D eigenvalue weighted by atomic mass is 9.44. The lowest BCUT2D eigenvalue weighted by Gasteiger charge is -2.61. The van der Waals surface area contributed by atoms with E-state index in [9.17, 15) is 0 Å². The quantitative estimate of drug-likeness (QED) is 0.439. The second kappa shape index (κ2) is 7.72. The summed E-state index contributed by atoms with van der Waals surface area (Å²) in [6, 6.07) is 0. The van der Waals surface area contributed by atoms with Crippen LogP contribution in [0.1, 0.15) is 65.2 Å². The molecule has 0 aromatic heterocycles. The number of hydrogen-bond acceptors (Lipinski definition) is 4. The molecule has 0 N–H and O–H groups in total. The third kappa shape index (κ3) is 3.09. The molecule has 5 aliphatic rings. The molecule has 4 aliphatic carbocycles. The summed E-state index contributed by atoms with van der Waals surface area (Å²) in [6.45, 7) is 11.1. The molecule has 168 valence electrons. The molecule has 7 atom stereocenters. The van der Waals surface area contributed by atoms with Crippen molar-refractivity contribution in [3.63, 3.8) is 0 Å². The molecule has 0 bridgehead atoms. The average molecular weight is 417 g/mol. The van der Waals surface area contributed by atoms with E-state index in [2.05, 4.69) is 32.6 Å². The van der Waals surface area contributed by atoms with Gasteiger partial charge in [-0.15, -0.1) is 6.58 Å². The van der Waals surface area contributed by atoms with E-state index in [0.29, 0.717) is 30.0 Å². The molecular weight excluding hydrogens is 376 g/mol. The Hall–Kier alpha value is -0.680. The van der Waals surface area contributed by atoms with Crippen LogP contribution in [0.4, 0.5) is 0 Å². The van der Waals surface area contributed by atoms with Crippen molar-refractivity contribution >= 4 is 0 Å². The summed E-state index contributed by atoms with van der Waals surface area (Å²) in [4.78, 5) is 0. The molecule has 4 heteroatoms. The van der Waals surface area contributed by atoms with Gasteiger partial charge in [0.05, 0.1) is 19.3 Å². The van der Waals surface area contributed by atoms with Crippen LogP contribution < -0.4 is 0 Å².